The first kappa shape index (κ1) is 18.8. The molecule has 1 aromatic carbocycles. The standard InChI is InChI=1S/C17H15F3N4O3/c18-17(19,20)11-4-5-14(22-8-11)26-13-3-1-2-10(6-13)16-23-15(27-24-16)7-12(21)9-25/h1-6,8,12,25H,7,9,21H2/t12-/m0/s1. The maximum absolute atomic E-state index is 12.6. The van der Waals surface area contributed by atoms with E-state index in [9.17, 15) is 13.2 Å². The van der Waals surface area contributed by atoms with Crippen LogP contribution in [0.1, 0.15) is 11.5 Å². The fraction of sp³-hybridized carbons (Fsp3) is 0.235. The Morgan fingerprint density at radius 1 is 1.22 bits per heavy atom. The lowest BCUT2D eigenvalue weighted by Crippen LogP contribution is -2.26. The molecule has 0 saturated carbocycles. The predicted molar refractivity (Wildman–Crippen MR) is 87.8 cm³/mol. The van der Waals surface area contributed by atoms with Gasteiger partial charge >= 0.3 is 6.18 Å². The zero-order valence-corrected chi connectivity index (χ0v) is 13.8. The molecule has 0 saturated heterocycles. The van der Waals surface area contributed by atoms with Crippen LogP contribution in [0.15, 0.2) is 47.1 Å². The number of hydrogen-bond acceptors (Lipinski definition) is 7. The summed E-state index contributed by atoms with van der Waals surface area (Å²) in [5, 5.41) is 12.8. The Morgan fingerprint density at radius 3 is 2.70 bits per heavy atom. The highest BCUT2D eigenvalue weighted by Gasteiger charge is 2.30. The predicted octanol–water partition coefficient (Wildman–Crippen LogP) is 2.80. The Morgan fingerprint density at radius 2 is 2.04 bits per heavy atom. The van der Waals surface area contributed by atoms with E-state index >= 15 is 0 Å². The van der Waals surface area contributed by atoms with Crippen molar-refractivity contribution in [2.45, 2.75) is 18.6 Å². The second-order valence-electron chi connectivity index (χ2n) is 5.67. The Kier molecular flexibility index (Phi) is 5.38. The van der Waals surface area contributed by atoms with E-state index in [2.05, 4.69) is 15.1 Å². The number of aliphatic hydroxyl groups is 1. The molecular weight excluding hydrogens is 365 g/mol. The third-order valence-electron chi connectivity index (χ3n) is 3.52. The number of alkyl halides is 3. The fourth-order valence-electron chi connectivity index (χ4n) is 2.17. The van der Waals surface area contributed by atoms with E-state index in [0.717, 1.165) is 12.1 Å². The van der Waals surface area contributed by atoms with Crippen molar-refractivity contribution in [3.63, 3.8) is 0 Å². The Hall–Kier alpha value is -2.98. The molecule has 2 aromatic heterocycles. The van der Waals surface area contributed by atoms with Crippen molar-refractivity contribution in [2.24, 2.45) is 5.73 Å². The minimum atomic E-state index is -4.46. The summed E-state index contributed by atoms with van der Waals surface area (Å²) in [6.45, 7) is -0.207. The topological polar surface area (TPSA) is 107 Å². The lowest BCUT2D eigenvalue weighted by molar-refractivity contribution is -0.137. The minimum Gasteiger partial charge on any atom is -0.439 e. The third-order valence-corrected chi connectivity index (χ3v) is 3.52. The van der Waals surface area contributed by atoms with Crippen LogP contribution in [0.3, 0.4) is 0 Å². The fourth-order valence-corrected chi connectivity index (χ4v) is 2.17. The lowest BCUT2D eigenvalue weighted by atomic mass is 10.2. The average Bonchev–Trinajstić information content (AvgIpc) is 3.10. The first-order valence-corrected chi connectivity index (χ1v) is 7.85. The number of pyridine rings is 1. The molecule has 0 bridgehead atoms. The summed E-state index contributed by atoms with van der Waals surface area (Å²) in [7, 11) is 0. The summed E-state index contributed by atoms with van der Waals surface area (Å²) < 4.78 is 48.3. The van der Waals surface area contributed by atoms with Crippen LogP contribution in [0, 0.1) is 0 Å². The molecule has 0 fully saturated rings. The number of rotatable bonds is 6. The molecule has 0 amide bonds. The van der Waals surface area contributed by atoms with Crippen LogP contribution < -0.4 is 10.5 Å². The van der Waals surface area contributed by atoms with Crippen LogP contribution in [0.2, 0.25) is 0 Å². The molecule has 0 radical (unpaired) electrons. The van der Waals surface area contributed by atoms with Crippen molar-refractivity contribution >= 4 is 0 Å². The van der Waals surface area contributed by atoms with Crippen molar-refractivity contribution < 1.29 is 27.5 Å². The largest absolute Gasteiger partial charge is 0.439 e. The van der Waals surface area contributed by atoms with Gasteiger partial charge in [0.05, 0.1) is 12.2 Å². The third kappa shape index (κ3) is 4.80. The van der Waals surface area contributed by atoms with Gasteiger partial charge in [0, 0.05) is 30.3 Å². The molecule has 3 aromatic rings. The van der Waals surface area contributed by atoms with E-state index in [1.165, 1.54) is 0 Å². The zero-order valence-electron chi connectivity index (χ0n) is 13.8. The molecule has 0 aliphatic carbocycles. The highest BCUT2D eigenvalue weighted by atomic mass is 19.4. The highest BCUT2D eigenvalue weighted by Crippen LogP contribution is 2.30. The van der Waals surface area contributed by atoms with Crippen molar-refractivity contribution in [2.75, 3.05) is 6.61 Å². The van der Waals surface area contributed by atoms with Gasteiger partial charge in [0.2, 0.25) is 17.6 Å². The zero-order chi connectivity index (χ0) is 19.4. The normalized spacial score (nSPS) is 12.8. The van der Waals surface area contributed by atoms with Gasteiger partial charge in [0.1, 0.15) is 5.75 Å². The maximum atomic E-state index is 12.6. The van der Waals surface area contributed by atoms with Gasteiger partial charge in [-0.1, -0.05) is 17.3 Å². The highest BCUT2D eigenvalue weighted by molar-refractivity contribution is 5.57. The van der Waals surface area contributed by atoms with Gasteiger partial charge in [-0.15, -0.1) is 0 Å². The summed E-state index contributed by atoms with van der Waals surface area (Å²) in [5.41, 5.74) is 5.34. The van der Waals surface area contributed by atoms with Crippen LogP contribution in [0.25, 0.3) is 11.4 Å². The first-order valence-electron chi connectivity index (χ1n) is 7.85. The van der Waals surface area contributed by atoms with E-state index in [0.29, 0.717) is 23.3 Å². The maximum Gasteiger partial charge on any atom is 0.417 e. The lowest BCUT2D eigenvalue weighted by Gasteiger charge is -2.08. The molecule has 0 spiro atoms. The molecule has 27 heavy (non-hydrogen) atoms. The number of benzene rings is 1. The first-order chi connectivity index (χ1) is 12.8. The molecule has 0 aliphatic heterocycles. The second-order valence-corrected chi connectivity index (χ2v) is 5.67. The Labute approximate surface area is 151 Å². The van der Waals surface area contributed by atoms with Crippen molar-refractivity contribution in [1.29, 1.82) is 0 Å². The molecule has 7 nitrogen and oxygen atoms in total. The monoisotopic (exact) mass is 380 g/mol. The smallest absolute Gasteiger partial charge is 0.417 e. The van der Waals surface area contributed by atoms with Crippen molar-refractivity contribution in [3.05, 3.63) is 54.0 Å². The van der Waals surface area contributed by atoms with E-state index in [-0.39, 0.29) is 24.8 Å². The van der Waals surface area contributed by atoms with Gasteiger partial charge in [-0.25, -0.2) is 4.98 Å². The number of aliphatic hydroxyl groups excluding tert-OH is 1. The molecule has 1 atom stereocenters. The SMILES string of the molecule is N[C@H](CO)Cc1nc(-c2cccc(Oc3ccc(C(F)(F)F)cn3)c2)no1. The molecule has 2 heterocycles. The van der Waals surface area contributed by atoms with E-state index < -0.39 is 17.8 Å². The number of aromatic nitrogens is 3. The summed E-state index contributed by atoms with van der Waals surface area (Å²) >= 11 is 0. The average molecular weight is 380 g/mol. The summed E-state index contributed by atoms with van der Waals surface area (Å²) in [6, 6.07) is 8.13. The van der Waals surface area contributed by atoms with Crippen LogP contribution in [-0.4, -0.2) is 32.9 Å². The van der Waals surface area contributed by atoms with E-state index in [1.807, 2.05) is 0 Å². The summed E-state index contributed by atoms with van der Waals surface area (Å²) in [5.74, 6) is 0.935. The molecule has 0 unspecified atom stereocenters. The molecule has 3 rings (SSSR count). The van der Waals surface area contributed by atoms with Crippen LogP contribution >= 0.6 is 0 Å². The number of nitrogens with zero attached hydrogens (tertiary/aromatic N) is 3. The number of halogens is 3. The van der Waals surface area contributed by atoms with Crippen LogP contribution in [0.5, 0.6) is 11.6 Å². The van der Waals surface area contributed by atoms with Gasteiger partial charge in [-0.2, -0.15) is 18.2 Å². The quantitative estimate of drug-likeness (QED) is 0.677. The summed E-state index contributed by atoms with van der Waals surface area (Å²) in [6.07, 6.45) is -3.52. The van der Waals surface area contributed by atoms with Gasteiger partial charge in [-0.05, 0) is 18.2 Å². The van der Waals surface area contributed by atoms with Crippen molar-refractivity contribution in [1.82, 2.24) is 15.1 Å². The number of nitrogens with two attached hydrogens (primary N) is 1. The molecule has 10 heteroatoms. The molecule has 142 valence electrons. The summed E-state index contributed by atoms with van der Waals surface area (Å²) in [4.78, 5) is 7.85. The van der Waals surface area contributed by atoms with E-state index in [1.54, 1.807) is 24.3 Å². The van der Waals surface area contributed by atoms with Crippen molar-refractivity contribution in [3.8, 4) is 23.0 Å². The number of hydrogen-bond donors (Lipinski definition) is 2. The van der Waals surface area contributed by atoms with Gasteiger partial charge in [-0.3, -0.25) is 0 Å². The Balaban J connectivity index is 1.74. The van der Waals surface area contributed by atoms with E-state index in [4.69, 9.17) is 20.1 Å². The molecule has 3 N–H and O–H groups in total. The second kappa shape index (κ2) is 7.72. The Bertz CT molecular complexity index is 897. The van der Waals surface area contributed by atoms with Crippen LogP contribution in [0.4, 0.5) is 13.2 Å². The minimum absolute atomic E-state index is 0.0165. The van der Waals surface area contributed by atoms with Gasteiger partial charge < -0.3 is 20.1 Å². The van der Waals surface area contributed by atoms with Gasteiger partial charge in [0.15, 0.2) is 0 Å². The molecule has 0 aliphatic rings. The molecular formula is C17H15F3N4O3. The van der Waals surface area contributed by atoms with Gasteiger partial charge in [0.25, 0.3) is 0 Å². The van der Waals surface area contributed by atoms with Crippen LogP contribution in [-0.2, 0) is 12.6 Å². The number of ether oxygens (including phenoxy) is 1.